The van der Waals surface area contributed by atoms with E-state index >= 15 is 0 Å². The molecule has 98 valence electrons. The van der Waals surface area contributed by atoms with Gasteiger partial charge in [-0.25, -0.2) is 0 Å². The van der Waals surface area contributed by atoms with Gasteiger partial charge in [0.15, 0.2) is 11.5 Å². The lowest BCUT2D eigenvalue weighted by atomic mass is 9.99. The molecule has 19 heavy (non-hydrogen) atoms. The minimum absolute atomic E-state index is 0.221. The van der Waals surface area contributed by atoms with Crippen molar-refractivity contribution in [3.05, 3.63) is 56.5 Å². The van der Waals surface area contributed by atoms with Crippen molar-refractivity contribution in [3.63, 3.8) is 0 Å². The van der Waals surface area contributed by atoms with E-state index in [-0.39, 0.29) is 12.8 Å². The first kappa shape index (κ1) is 13.0. The summed E-state index contributed by atoms with van der Waals surface area (Å²) in [6, 6.07) is 11.5. The van der Waals surface area contributed by atoms with Crippen molar-refractivity contribution in [1.29, 1.82) is 0 Å². The second kappa shape index (κ2) is 5.15. The Labute approximate surface area is 128 Å². The number of nitrogens with two attached hydrogens (primary N) is 1. The van der Waals surface area contributed by atoms with Gasteiger partial charge in [0.2, 0.25) is 6.79 Å². The molecule has 0 fully saturated rings. The van der Waals surface area contributed by atoms with Crippen LogP contribution in [0.5, 0.6) is 11.5 Å². The summed E-state index contributed by atoms with van der Waals surface area (Å²) in [5.41, 5.74) is 8.34. The third-order valence-electron chi connectivity index (χ3n) is 3.05. The van der Waals surface area contributed by atoms with E-state index in [2.05, 4.69) is 31.9 Å². The van der Waals surface area contributed by atoms with Gasteiger partial charge in [-0.15, -0.1) is 0 Å². The normalized spacial score (nSPS) is 14.5. The third kappa shape index (κ3) is 2.50. The molecule has 3 rings (SSSR count). The number of halogens is 2. The zero-order chi connectivity index (χ0) is 13.4. The number of rotatable bonds is 2. The number of ether oxygens (including phenoxy) is 2. The Balaban J connectivity index is 1.99. The van der Waals surface area contributed by atoms with Crippen LogP contribution >= 0.6 is 31.9 Å². The van der Waals surface area contributed by atoms with Crippen LogP contribution < -0.4 is 15.2 Å². The molecule has 0 saturated heterocycles. The molecule has 0 bridgehead atoms. The summed E-state index contributed by atoms with van der Waals surface area (Å²) in [7, 11) is 0. The van der Waals surface area contributed by atoms with E-state index in [0.717, 1.165) is 31.6 Å². The first-order valence-electron chi connectivity index (χ1n) is 5.75. The number of fused-ring (bicyclic) bond motifs is 1. The summed E-state index contributed by atoms with van der Waals surface area (Å²) in [5, 5.41) is 0. The van der Waals surface area contributed by atoms with Gasteiger partial charge in [-0.1, -0.05) is 37.9 Å². The topological polar surface area (TPSA) is 44.5 Å². The predicted octanol–water partition coefficient (Wildman–Crippen LogP) is 3.99. The predicted molar refractivity (Wildman–Crippen MR) is 80.4 cm³/mol. The quantitative estimate of drug-likeness (QED) is 0.851. The number of hydrogen-bond acceptors (Lipinski definition) is 3. The van der Waals surface area contributed by atoms with Gasteiger partial charge < -0.3 is 15.2 Å². The van der Waals surface area contributed by atoms with Crippen LogP contribution in [0.15, 0.2) is 45.3 Å². The van der Waals surface area contributed by atoms with Crippen LogP contribution in [-0.4, -0.2) is 6.79 Å². The van der Waals surface area contributed by atoms with E-state index in [9.17, 15) is 0 Å². The fraction of sp³-hybridized carbons (Fsp3) is 0.143. The summed E-state index contributed by atoms with van der Waals surface area (Å²) < 4.78 is 12.7. The van der Waals surface area contributed by atoms with E-state index in [1.54, 1.807) is 0 Å². The maximum absolute atomic E-state index is 6.33. The Kier molecular flexibility index (Phi) is 3.52. The minimum Gasteiger partial charge on any atom is -0.454 e. The summed E-state index contributed by atoms with van der Waals surface area (Å²) in [6.45, 7) is 0.272. The van der Waals surface area contributed by atoms with Crippen LogP contribution in [0.2, 0.25) is 0 Å². The average Bonchev–Trinajstić information content (AvgIpc) is 2.88. The zero-order valence-corrected chi connectivity index (χ0v) is 13.1. The molecular weight excluding hydrogens is 374 g/mol. The van der Waals surface area contributed by atoms with Crippen molar-refractivity contribution in [2.45, 2.75) is 6.04 Å². The van der Waals surface area contributed by atoms with Crippen molar-refractivity contribution >= 4 is 31.9 Å². The van der Waals surface area contributed by atoms with Crippen molar-refractivity contribution in [3.8, 4) is 11.5 Å². The van der Waals surface area contributed by atoms with E-state index < -0.39 is 0 Å². The SMILES string of the molecule is NC(c1ccc2c(c1)OCO2)c1cc(Br)ccc1Br. The second-order valence-corrected chi connectivity index (χ2v) is 6.03. The van der Waals surface area contributed by atoms with Crippen LogP contribution in [0.25, 0.3) is 0 Å². The van der Waals surface area contributed by atoms with Crippen molar-refractivity contribution < 1.29 is 9.47 Å². The number of hydrogen-bond donors (Lipinski definition) is 1. The fourth-order valence-electron chi connectivity index (χ4n) is 2.04. The fourth-order valence-corrected chi connectivity index (χ4v) is 2.91. The maximum Gasteiger partial charge on any atom is 0.231 e. The molecule has 2 aromatic rings. The Hall–Kier alpha value is -1.04. The Morgan fingerprint density at radius 1 is 1.00 bits per heavy atom. The monoisotopic (exact) mass is 383 g/mol. The van der Waals surface area contributed by atoms with Crippen molar-refractivity contribution in [2.75, 3.05) is 6.79 Å². The zero-order valence-electron chi connectivity index (χ0n) is 9.90. The van der Waals surface area contributed by atoms with Gasteiger partial charge in [-0.05, 0) is 41.5 Å². The van der Waals surface area contributed by atoms with E-state index in [0.29, 0.717) is 0 Å². The average molecular weight is 385 g/mol. The highest BCUT2D eigenvalue weighted by Crippen LogP contribution is 2.36. The molecule has 0 aromatic heterocycles. The molecule has 1 aliphatic heterocycles. The van der Waals surface area contributed by atoms with Crippen molar-refractivity contribution in [2.24, 2.45) is 5.73 Å². The van der Waals surface area contributed by atoms with Crippen LogP contribution in [0.1, 0.15) is 17.2 Å². The van der Waals surface area contributed by atoms with Crippen LogP contribution in [0.4, 0.5) is 0 Å². The molecule has 1 unspecified atom stereocenters. The molecular formula is C14H11Br2NO2. The molecule has 2 N–H and O–H groups in total. The van der Waals surface area contributed by atoms with Gasteiger partial charge >= 0.3 is 0 Å². The lowest BCUT2D eigenvalue weighted by Gasteiger charge is -2.15. The smallest absolute Gasteiger partial charge is 0.231 e. The standard InChI is InChI=1S/C14H11Br2NO2/c15-9-2-3-11(16)10(6-9)14(17)8-1-4-12-13(5-8)19-7-18-12/h1-6,14H,7,17H2. The second-order valence-electron chi connectivity index (χ2n) is 4.26. The highest BCUT2D eigenvalue weighted by Gasteiger charge is 2.18. The molecule has 0 spiro atoms. The molecule has 0 radical (unpaired) electrons. The van der Waals surface area contributed by atoms with Gasteiger partial charge in [-0.3, -0.25) is 0 Å². The van der Waals surface area contributed by atoms with Gasteiger partial charge in [0.05, 0.1) is 6.04 Å². The van der Waals surface area contributed by atoms with E-state index in [1.165, 1.54) is 0 Å². The molecule has 3 nitrogen and oxygen atoms in total. The Bertz CT molecular complexity index is 631. The molecule has 0 aliphatic carbocycles. The molecule has 1 atom stereocenters. The summed E-state index contributed by atoms with van der Waals surface area (Å²) >= 11 is 7.00. The van der Waals surface area contributed by atoms with E-state index in [1.807, 2.05) is 36.4 Å². The van der Waals surface area contributed by atoms with Crippen molar-refractivity contribution in [1.82, 2.24) is 0 Å². The van der Waals surface area contributed by atoms with Crippen LogP contribution in [0.3, 0.4) is 0 Å². The summed E-state index contributed by atoms with van der Waals surface area (Å²) in [6.07, 6.45) is 0. The lowest BCUT2D eigenvalue weighted by Crippen LogP contribution is -2.12. The maximum atomic E-state index is 6.33. The first-order valence-corrected chi connectivity index (χ1v) is 7.34. The summed E-state index contributed by atoms with van der Waals surface area (Å²) in [5.74, 6) is 1.52. The third-order valence-corrected chi connectivity index (χ3v) is 4.26. The largest absolute Gasteiger partial charge is 0.454 e. The molecule has 1 aliphatic rings. The van der Waals surface area contributed by atoms with Gasteiger partial charge in [0.25, 0.3) is 0 Å². The first-order chi connectivity index (χ1) is 9.15. The van der Waals surface area contributed by atoms with E-state index in [4.69, 9.17) is 15.2 Å². The van der Waals surface area contributed by atoms with Gasteiger partial charge in [0, 0.05) is 8.95 Å². The van der Waals surface area contributed by atoms with Crippen LogP contribution in [-0.2, 0) is 0 Å². The number of benzene rings is 2. The Morgan fingerprint density at radius 2 is 1.79 bits per heavy atom. The van der Waals surface area contributed by atoms with Gasteiger partial charge in [-0.2, -0.15) is 0 Å². The molecule has 1 heterocycles. The van der Waals surface area contributed by atoms with Crippen LogP contribution in [0, 0.1) is 0 Å². The highest BCUT2D eigenvalue weighted by molar-refractivity contribution is 9.11. The highest BCUT2D eigenvalue weighted by atomic mass is 79.9. The lowest BCUT2D eigenvalue weighted by molar-refractivity contribution is 0.174. The summed E-state index contributed by atoms with van der Waals surface area (Å²) in [4.78, 5) is 0. The molecule has 5 heteroatoms. The molecule has 0 saturated carbocycles. The minimum atomic E-state index is -0.221. The molecule has 2 aromatic carbocycles. The molecule has 0 amide bonds. The Morgan fingerprint density at radius 3 is 2.63 bits per heavy atom. The van der Waals surface area contributed by atoms with Gasteiger partial charge in [0.1, 0.15) is 0 Å².